The van der Waals surface area contributed by atoms with Gasteiger partial charge >= 0.3 is 12.1 Å². The van der Waals surface area contributed by atoms with E-state index in [1.807, 2.05) is 0 Å². The number of amides is 1. The van der Waals surface area contributed by atoms with Gasteiger partial charge in [0, 0.05) is 19.2 Å². The van der Waals surface area contributed by atoms with Crippen LogP contribution in [0.2, 0.25) is 0 Å². The number of alkyl halides is 3. The van der Waals surface area contributed by atoms with Crippen LogP contribution in [0.3, 0.4) is 0 Å². The van der Waals surface area contributed by atoms with Crippen molar-refractivity contribution in [2.45, 2.75) is 12.9 Å². The van der Waals surface area contributed by atoms with Crippen LogP contribution in [0.15, 0.2) is 47.3 Å². The molecule has 0 bridgehead atoms. The molecule has 0 saturated heterocycles. The number of carbonyl (C=O) groups excluding carboxylic acids is 1. The minimum atomic E-state index is -4.74. The van der Waals surface area contributed by atoms with Gasteiger partial charge in [-0.1, -0.05) is 12.1 Å². The fraction of sp³-hybridized carbons (Fsp3) is 0.176. The Morgan fingerprint density at radius 2 is 1.88 bits per heavy atom. The molecule has 9 heteroatoms. The van der Waals surface area contributed by atoms with Crippen molar-refractivity contribution >= 4 is 16.9 Å². The molecule has 1 heterocycles. The van der Waals surface area contributed by atoms with E-state index in [4.69, 9.17) is 0 Å². The summed E-state index contributed by atoms with van der Waals surface area (Å²) in [5.41, 5.74) is 1.91. The minimum absolute atomic E-state index is 0.133. The highest BCUT2D eigenvalue weighted by Crippen LogP contribution is 2.22. The lowest BCUT2D eigenvalue weighted by Gasteiger charge is -2.10. The van der Waals surface area contributed by atoms with E-state index in [0.717, 1.165) is 0 Å². The van der Waals surface area contributed by atoms with Crippen molar-refractivity contribution < 1.29 is 22.7 Å². The van der Waals surface area contributed by atoms with Crippen LogP contribution in [0.25, 0.3) is 11.0 Å². The van der Waals surface area contributed by atoms with E-state index in [-0.39, 0.29) is 23.9 Å². The molecule has 0 aliphatic carbocycles. The van der Waals surface area contributed by atoms with Crippen molar-refractivity contribution in [1.29, 1.82) is 0 Å². The number of aromatic nitrogens is 2. The lowest BCUT2D eigenvalue weighted by Crippen LogP contribution is -2.22. The number of fused-ring (bicyclic) bond motifs is 1. The zero-order valence-electron chi connectivity index (χ0n) is 13.6. The summed E-state index contributed by atoms with van der Waals surface area (Å²) in [5.74, 6) is -0.696. The minimum Gasteiger partial charge on any atom is -0.406 e. The summed E-state index contributed by atoms with van der Waals surface area (Å²) < 4.78 is 41.6. The van der Waals surface area contributed by atoms with Gasteiger partial charge in [-0.25, -0.2) is 4.79 Å². The molecule has 26 heavy (non-hydrogen) atoms. The summed E-state index contributed by atoms with van der Waals surface area (Å²) in [7, 11) is 1.62. The summed E-state index contributed by atoms with van der Waals surface area (Å²) in [6.45, 7) is 0.133. The normalized spacial score (nSPS) is 11.5. The molecule has 0 aliphatic rings. The van der Waals surface area contributed by atoms with Crippen molar-refractivity contribution in [2.24, 2.45) is 7.05 Å². The zero-order valence-corrected chi connectivity index (χ0v) is 13.6. The van der Waals surface area contributed by atoms with E-state index >= 15 is 0 Å². The number of nitrogens with zero attached hydrogens (tertiary/aromatic N) is 1. The second kappa shape index (κ2) is 6.58. The molecule has 2 aromatic carbocycles. The molecule has 0 unspecified atom stereocenters. The molecule has 6 nitrogen and oxygen atoms in total. The third-order valence-electron chi connectivity index (χ3n) is 3.78. The van der Waals surface area contributed by atoms with Crippen molar-refractivity contribution in [3.8, 4) is 5.75 Å². The maximum Gasteiger partial charge on any atom is 0.573 e. The number of hydrogen-bond acceptors (Lipinski definition) is 3. The topological polar surface area (TPSA) is 76.1 Å². The molecule has 0 atom stereocenters. The Bertz CT molecular complexity index is 1000. The Balaban J connectivity index is 1.66. The number of nitrogens with one attached hydrogen (secondary N) is 2. The number of halogens is 3. The van der Waals surface area contributed by atoms with Gasteiger partial charge in [-0.05, 0) is 35.9 Å². The predicted octanol–water partition coefficient (Wildman–Crippen LogP) is 2.70. The van der Waals surface area contributed by atoms with Crippen LogP contribution < -0.4 is 15.7 Å². The van der Waals surface area contributed by atoms with Gasteiger partial charge in [0.15, 0.2) is 0 Å². The summed E-state index contributed by atoms with van der Waals surface area (Å²) >= 11 is 0. The molecule has 3 rings (SSSR count). The third-order valence-corrected chi connectivity index (χ3v) is 3.78. The number of aromatic amines is 1. The summed E-state index contributed by atoms with van der Waals surface area (Å²) in [6, 6.07) is 10.0. The summed E-state index contributed by atoms with van der Waals surface area (Å²) in [6.07, 6.45) is -4.74. The van der Waals surface area contributed by atoms with Gasteiger partial charge in [0.25, 0.3) is 5.91 Å². The predicted molar refractivity (Wildman–Crippen MR) is 87.8 cm³/mol. The molecular weight excluding hydrogens is 351 g/mol. The van der Waals surface area contributed by atoms with Gasteiger partial charge in [-0.2, -0.15) is 0 Å². The maximum atomic E-state index is 12.2. The molecule has 1 amide bonds. The number of rotatable bonds is 4. The van der Waals surface area contributed by atoms with E-state index in [1.165, 1.54) is 28.8 Å². The molecule has 0 spiro atoms. The number of ether oxygens (including phenoxy) is 1. The lowest BCUT2D eigenvalue weighted by molar-refractivity contribution is -0.274. The maximum absolute atomic E-state index is 12.2. The number of benzene rings is 2. The van der Waals surface area contributed by atoms with Gasteiger partial charge in [0.1, 0.15) is 5.75 Å². The molecule has 2 N–H and O–H groups in total. The second-order valence-corrected chi connectivity index (χ2v) is 5.60. The average molecular weight is 365 g/mol. The average Bonchev–Trinajstić information content (AvgIpc) is 2.86. The highest BCUT2D eigenvalue weighted by Gasteiger charge is 2.30. The first-order chi connectivity index (χ1) is 12.2. The number of H-pyrrole nitrogens is 1. The Morgan fingerprint density at radius 3 is 2.54 bits per heavy atom. The standard InChI is InChI=1S/C17H14F3N3O3/c1-23-14-7-4-11(8-13(14)22-16(23)25)15(24)21-9-10-2-5-12(6-3-10)26-17(18,19)20/h2-8H,9H2,1H3,(H,21,24)(H,22,25). The highest BCUT2D eigenvalue weighted by molar-refractivity contribution is 5.97. The number of hydrogen-bond donors (Lipinski definition) is 2. The number of carbonyl (C=O) groups is 1. The Kier molecular flexibility index (Phi) is 4.45. The van der Waals surface area contributed by atoms with Crippen LogP contribution in [0, 0.1) is 0 Å². The Morgan fingerprint density at radius 1 is 1.19 bits per heavy atom. The molecule has 0 aliphatic heterocycles. The van der Waals surface area contributed by atoms with Gasteiger partial charge < -0.3 is 15.0 Å². The summed E-state index contributed by atoms with van der Waals surface area (Å²) in [4.78, 5) is 26.4. The molecule has 0 radical (unpaired) electrons. The molecule has 136 valence electrons. The van der Waals surface area contributed by atoms with E-state index in [0.29, 0.717) is 22.2 Å². The van der Waals surface area contributed by atoms with Crippen molar-refractivity contribution in [3.05, 3.63) is 64.1 Å². The second-order valence-electron chi connectivity index (χ2n) is 5.60. The van der Waals surface area contributed by atoms with Crippen LogP contribution >= 0.6 is 0 Å². The van der Waals surface area contributed by atoms with Crippen LogP contribution in [0.4, 0.5) is 13.2 Å². The lowest BCUT2D eigenvalue weighted by atomic mass is 10.1. The quantitative estimate of drug-likeness (QED) is 0.746. The number of aryl methyl sites for hydroxylation is 1. The van der Waals surface area contributed by atoms with Crippen LogP contribution in [-0.2, 0) is 13.6 Å². The zero-order chi connectivity index (χ0) is 18.9. The van der Waals surface area contributed by atoms with E-state index < -0.39 is 6.36 Å². The Labute approximate surface area is 145 Å². The largest absolute Gasteiger partial charge is 0.573 e. The first-order valence-corrected chi connectivity index (χ1v) is 7.54. The fourth-order valence-electron chi connectivity index (χ4n) is 2.47. The van der Waals surface area contributed by atoms with Crippen LogP contribution in [-0.4, -0.2) is 21.8 Å². The van der Waals surface area contributed by atoms with Crippen LogP contribution in [0.1, 0.15) is 15.9 Å². The highest BCUT2D eigenvalue weighted by atomic mass is 19.4. The smallest absolute Gasteiger partial charge is 0.406 e. The van der Waals surface area contributed by atoms with E-state index in [1.54, 1.807) is 25.2 Å². The third kappa shape index (κ3) is 3.88. The molecule has 0 fully saturated rings. The van der Waals surface area contributed by atoms with Crippen LogP contribution in [0.5, 0.6) is 5.75 Å². The van der Waals surface area contributed by atoms with Gasteiger partial charge in [0.05, 0.1) is 11.0 Å². The monoisotopic (exact) mass is 365 g/mol. The molecule has 1 aromatic heterocycles. The van der Waals surface area contributed by atoms with Crippen molar-refractivity contribution in [1.82, 2.24) is 14.9 Å². The Hall–Kier alpha value is -3.23. The first-order valence-electron chi connectivity index (χ1n) is 7.54. The molecule has 0 saturated carbocycles. The van der Waals surface area contributed by atoms with E-state index in [2.05, 4.69) is 15.0 Å². The van der Waals surface area contributed by atoms with Gasteiger partial charge in [-0.3, -0.25) is 9.36 Å². The molecule has 3 aromatic rings. The van der Waals surface area contributed by atoms with Crippen molar-refractivity contribution in [2.75, 3.05) is 0 Å². The number of imidazole rings is 1. The SMILES string of the molecule is Cn1c(=O)[nH]c2cc(C(=O)NCc3ccc(OC(F)(F)F)cc3)ccc21. The molecular formula is C17H14F3N3O3. The van der Waals surface area contributed by atoms with Gasteiger partial charge in [0.2, 0.25) is 0 Å². The summed E-state index contributed by atoms with van der Waals surface area (Å²) in [5, 5.41) is 2.67. The first kappa shape index (κ1) is 17.6. The fourth-order valence-corrected chi connectivity index (χ4v) is 2.47. The van der Waals surface area contributed by atoms with E-state index in [9.17, 15) is 22.8 Å². The van der Waals surface area contributed by atoms with Gasteiger partial charge in [-0.15, -0.1) is 13.2 Å². The van der Waals surface area contributed by atoms with Crippen molar-refractivity contribution in [3.63, 3.8) is 0 Å².